The van der Waals surface area contributed by atoms with E-state index >= 15 is 0 Å². The third kappa shape index (κ3) is 4.06. The number of nitro benzene ring substituents is 1. The van der Waals surface area contributed by atoms with E-state index in [0.29, 0.717) is 10.0 Å². The quantitative estimate of drug-likeness (QED) is 0.516. The second-order valence-corrected chi connectivity index (χ2v) is 5.79. The number of non-ortho nitro benzene ring substituents is 1. The van der Waals surface area contributed by atoms with E-state index in [9.17, 15) is 14.5 Å². The van der Waals surface area contributed by atoms with E-state index in [0.717, 1.165) is 12.1 Å². The molecule has 110 valence electrons. The molecule has 0 aliphatic carbocycles. The van der Waals surface area contributed by atoms with Crippen LogP contribution < -0.4 is 4.74 Å². The smallest absolute Gasteiger partial charge is 0.272 e. The van der Waals surface area contributed by atoms with Crippen molar-refractivity contribution in [1.82, 2.24) is 0 Å². The molecule has 4 nitrogen and oxygen atoms in total. The van der Waals surface area contributed by atoms with Crippen molar-refractivity contribution in [2.24, 2.45) is 0 Å². The monoisotopic (exact) mass is 393 g/mol. The van der Waals surface area contributed by atoms with Crippen LogP contribution in [0.4, 0.5) is 10.1 Å². The molecule has 0 amide bonds. The standard InChI is InChI=1S/C13H7BrCl2FNO3/c14-8-1-7(2-9(17)3-8)6-21-13-11(15)4-10(18(19)20)5-12(13)16/h1-5H,6H2. The van der Waals surface area contributed by atoms with E-state index in [-0.39, 0.29) is 28.1 Å². The van der Waals surface area contributed by atoms with Crippen LogP contribution in [0, 0.1) is 15.9 Å². The van der Waals surface area contributed by atoms with Crippen LogP contribution >= 0.6 is 39.1 Å². The van der Waals surface area contributed by atoms with Crippen molar-refractivity contribution in [3.8, 4) is 5.75 Å². The van der Waals surface area contributed by atoms with Gasteiger partial charge in [-0.25, -0.2) is 4.39 Å². The number of nitrogens with zero attached hydrogens (tertiary/aromatic N) is 1. The number of benzene rings is 2. The van der Waals surface area contributed by atoms with Crippen LogP contribution in [0.3, 0.4) is 0 Å². The minimum Gasteiger partial charge on any atom is -0.486 e. The van der Waals surface area contributed by atoms with Gasteiger partial charge in [0.15, 0.2) is 5.75 Å². The Morgan fingerprint density at radius 1 is 1.19 bits per heavy atom. The lowest BCUT2D eigenvalue weighted by atomic mass is 10.2. The van der Waals surface area contributed by atoms with Gasteiger partial charge in [0.2, 0.25) is 0 Å². The normalized spacial score (nSPS) is 10.5. The molecule has 2 aromatic rings. The van der Waals surface area contributed by atoms with Crippen LogP contribution in [-0.4, -0.2) is 4.92 Å². The molecule has 0 saturated heterocycles. The maximum Gasteiger partial charge on any atom is 0.272 e. The van der Waals surface area contributed by atoms with Crippen LogP contribution in [0.2, 0.25) is 10.0 Å². The molecule has 0 bridgehead atoms. The lowest BCUT2D eigenvalue weighted by Crippen LogP contribution is -1.98. The number of ether oxygens (including phenoxy) is 1. The Balaban J connectivity index is 2.22. The summed E-state index contributed by atoms with van der Waals surface area (Å²) in [6, 6.07) is 6.58. The fourth-order valence-electron chi connectivity index (χ4n) is 1.64. The topological polar surface area (TPSA) is 52.4 Å². The number of hydrogen-bond donors (Lipinski definition) is 0. The van der Waals surface area contributed by atoms with Crippen LogP contribution in [-0.2, 0) is 6.61 Å². The van der Waals surface area contributed by atoms with Gasteiger partial charge in [-0.15, -0.1) is 0 Å². The summed E-state index contributed by atoms with van der Waals surface area (Å²) < 4.78 is 19.2. The first-order valence-electron chi connectivity index (χ1n) is 5.58. The van der Waals surface area contributed by atoms with E-state index in [2.05, 4.69) is 15.9 Å². The third-order valence-corrected chi connectivity index (χ3v) is 3.52. The first-order chi connectivity index (χ1) is 9.86. The third-order valence-electron chi connectivity index (χ3n) is 2.50. The van der Waals surface area contributed by atoms with Crippen LogP contribution in [0.25, 0.3) is 0 Å². The maximum absolute atomic E-state index is 13.2. The summed E-state index contributed by atoms with van der Waals surface area (Å²) in [6.07, 6.45) is 0. The van der Waals surface area contributed by atoms with Crippen molar-refractivity contribution in [3.63, 3.8) is 0 Å². The number of rotatable bonds is 4. The lowest BCUT2D eigenvalue weighted by Gasteiger charge is -2.10. The van der Waals surface area contributed by atoms with Gasteiger partial charge < -0.3 is 4.74 Å². The molecule has 0 heterocycles. The second-order valence-electron chi connectivity index (χ2n) is 4.06. The maximum atomic E-state index is 13.2. The van der Waals surface area contributed by atoms with Crippen LogP contribution in [0.15, 0.2) is 34.8 Å². The SMILES string of the molecule is O=[N+]([O-])c1cc(Cl)c(OCc2cc(F)cc(Br)c2)c(Cl)c1. The highest BCUT2D eigenvalue weighted by Crippen LogP contribution is 2.37. The Labute approximate surface area is 137 Å². The molecular formula is C13H7BrCl2FNO3. The fraction of sp³-hybridized carbons (Fsp3) is 0.0769. The van der Waals surface area contributed by atoms with Gasteiger partial charge in [0.1, 0.15) is 12.4 Å². The summed E-state index contributed by atoms with van der Waals surface area (Å²) in [6.45, 7) is 0.0214. The Bertz CT molecular complexity index is 669. The molecule has 2 aromatic carbocycles. The minimum atomic E-state index is -0.606. The number of hydrogen-bond acceptors (Lipinski definition) is 3. The van der Waals surface area contributed by atoms with Gasteiger partial charge in [0.05, 0.1) is 15.0 Å². The summed E-state index contributed by atoms with van der Waals surface area (Å²) >= 11 is 15.0. The molecule has 21 heavy (non-hydrogen) atoms. The molecule has 0 N–H and O–H groups in total. The summed E-state index contributed by atoms with van der Waals surface area (Å²) in [5, 5.41) is 10.7. The Morgan fingerprint density at radius 3 is 2.33 bits per heavy atom. The van der Waals surface area contributed by atoms with E-state index < -0.39 is 10.7 Å². The molecular weight excluding hydrogens is 388 g/mol. The predicted molar refractivity (Wildman–Crippen MR) is 81.5 cm³/mol. The minimum absolute atomic E-state index is 0.0182. The zero-order valence-corrected chi connectivity index (χ0v) is 13.4. The molecule has 0 spiro atoms. The molecule has 0 atom stereocenters. The zero-order valence-electron chi connectivity index (χ0n) is 10.3. The van der Waals surface area contributed by atoms with E-state index in [1.807, 2.05) is 0 Å². The first kappa shape index (κ1) is 16.0. The van der Waals surface area contributed by atoms with Crippen molar-refractivity contribution in [1.29, 1.82) is 0 Å². The van der Waals surface area contributed by atoms with Gasteiger partial charge in [-0.3, -0.25) is 10.1 Å². The molecule has 0 aromatic heterocycles. The molecule has 0 saturated carbocycles. The Kier molecular flexibility index (Phi) is 5.03. The molecule has 0 fully saturated rings. The molecule has 0 aliphatic rings. The van der Waals surface area contributed by atoms with Crippen molar-refractivity contribution < 1.29 is 14.1 Å². The van der Waals surface area contributed by atoms with Crippen LogP contribution in [0.1, 0.15) is 5.56 Å². The van der Waals surface area contributed by atoms with Gasteiger partial charge in [-0.05, 0) is 23.8 Å². The molecule has 0 radical (unpaired) electrons. The van der Waals surface area contributed by atoms with Gasteiger partial charge in [0.25, 0.3) is 5.69 Å². The average molecular weight is 395 g/mol. The fourth-order valence-corrected chi connectivity index (χ4v) is 2.74. The van der Waals surface area contributed by atoms with Gasteiger partial charge in [0, 0.05) is 16.6 Å². The van der Waals surface area contributed by atoms with E-state index in [1.165, 1.54) is 12.1 Å². The zero-order chi connectivity index (χ0) is 15.6. The Morgan fingerprint density at radius 2 is 1.81 bits per heavy atom. The summed E-state index contributed by atoms with van der Waals surface area (Å²) in [4.78, 5) is 10.1. The van der Waals surface area contributed by atoms with Crippen molar-refractivity contribution >= 4 is 44.8 Å². The van der Waals surface area contributed by atoms with Crippen LogP contribution in [0.5, 0.6) is 5.75 Å². The van der Waals surface area contributed by atoms with Gasteiger partial charge in [-0.2, -0.15) is 0 Å². The predicted octanol–water partition coefficient (Wildman–Crippen LogP) is 5.38. The molecule has 2 rings (SSSR count). The van der Waals surface area contributed by atoms with Crippen molar-refractivity contribution in [2.45, 2.75) is 6.61 Å². The van der Waals surface area contributed by atoms with Crippen molar-refractivity contribution in [3.05, 3.63) is 66.3 Å². The highest BCUT2D eigenvalue weighted by Gasteiger charge is 2.16. The van der Waals surface area contributed by atoms with Crippen molar-refractivity contribution in [2.75, 3.05) is 0 Å². The number of nitro groups is 1. The van der Waals surface area contributed by atoms with E-state index in [4.69, 9.17) is 27.9 Å². The summed E-state index contributed by atoms with van der Waals surface area (Å²) in [5.41, 5.74) is 0.332. The highest BCUT2D eigenvalue weighted by molar-refractivity contribution is 9.10. The van der Waals surface area contributed by atoms with Gasteiger partial charge >= 0.3 is 0 Å². The summed E-state index contributed by atoms with van der Waals surface area (Å²) in [7, 11) is 0. The van der Waals surface area contributed by atoms with E-state index in [1.54, 1.807) is 6.07 Å². The average Bonchev–Trinajstić information content (AvgIpc) is 2.36. The lowest BCUT2D eigenvalue weighted by molar-refractivity contribution is -0.384. The molecule has 8 heteroatoms. The van der Waals surface area contributed by atoms with Gasteiger partial charge in [-0.1, -0.05) is 39.1 Å². The molecule has 0 unspecified atom stereocenters. The largest absolute Gasteiger partial charge is 0.486 e. The highest BCUT2D eigenvalue weighted by atomic mass is 79.9. The Hall–Kier alpha value is -1.37. The molecule has 0 aliphatic heterocycles. The summed E-state index contributed by atoms with van der Waals surface area (Å²) in [5.74, 6) is -0.298. The first-order valence-corrected chi connectivity index (χ1v) is 7.13. The second kappa shape index (κ2) is 6.60. The number of halogens is 4.